The molecule has 1 aromatic carbocycles. The lowest BCUT2D eigenvalue weighted by Crippen LogP contribution is -2.25. The fourth-order valence-corrected chi connectivity index (χ4v) is 3.01. The van der Waals surface area contributed by atoms with Crippen LogP contribution in [0.5, 0.6) is 0 Å². The Hall–Kier alpha value is -0.820. The zero-order chi connectivity index (χ0) is 16.0. The van der Waals surface area contributed by atoms with Crippen LogP contribution in [0.3, 0.4) is 0 Å². The molecule has 22 heavy (non-hydrogen) atoms. The van der Waals surface area contributed by atoms with Crippen molar-refractivity contribution in [2.24, 2.45) is 0 Å². The van der Waals surface area contributed by atoms with Crippen molar-refractivity contribution in [2.45, 2.75) is 85.1 Å². The van der Waals surface area contributed by atoms with Crippen molar-refractivity contribution in [3.63, 3.8) is 0 Å². The van der Waals surface area contributed by atoms with E-state index < -0.39 is 0 Å². The normalized spacial score (nSPS) is 11.3. The minimum Gasteiger partial charge on any atom is -0.299 e. The first-order valence-corrected chi connectivity index (χ1v) is 9.54. The lowest BCUT2D eigenvalue weighted by Gasteiger charge is -2.22. The summed E-state index contributed by atoms with van der Waals surface area (Å²) in [4.78, 5) is 2.63. The SMILES string of the molecule is CCCCCCCCCCN(CCC)Cc1ccc(C)cc1. The van der Waals surface area contributed by atoms with Gasteiger partial charge in [-0.25, -0.2) is 0 Å². The summed E-state index contributed by atoms with van der Waals surface area (Å²) in [5.41, 5.74) is 2.81. The molecule has 0 bridgehead atoms. The second-order valence-electron chi connectivity index (χ2n) is 6.74. The number of aryl methyl sites for hydroxylation is 1. The van der Waals surface area contributed by atoms with Gasteiger partial charge in [-0.1, -0.05) is 88.6 Å². The largest absolute Gasteiger partial charge is 0.299 e. The van der Waals surface area contributed by atoms with E-state index in [9.17, 15) is 0 Å². The van der Waals surface area contributed by atoms with E-state index >= 15 is 0 Å². The Labute approximate surface area is 139 Å². The van der Waals surface area contributed by atoms with Gasteiger partial charge >= 0.3 is 0 Å². The molecule has 126 valence electrons. The van der Waals surface area contributed by atoms with Crippen molar-refractivity contribution < 1.29 is 0 Å². The van der Waals surface area contributed by atoms with Crippen LogP contribution in [-0.4, -0.2) is 18.0 Å². The molecule has 1 nitrogen and oxygen atoms in total. The minimum atomic E-state index is 1.12. The first kappa shape index (κ1) is 19.2. The molecule has 0 amide bonds. The molecule has 0 radical (unpaired) electrons. The van der Waals surface area contributed by atoms with Crippen molar-refractivity contribution in [3.8, 4) is 0 Å². The highest BCUT2D eigenvalue weighted by Crippen LogP contribution is 2.11. The van der Waals surface area contributed by atoms with E-state index in [1.54, 1.807) is 0 Å². The van der Waals surface area contributed by atoms with Crippen LogP contribution < -0.4 is 0 Å². The highest BCUT2D eigenvalue weighted by Gasteiger charge is 2.04. The van der Waals surface area contributed by atoms with Crippen LogP contribution in [0.15, 0.2) is 24.3 Å². The van der Waals surface area contributed by atoms with Crippen LogP contribution in [0.25, 0.3) is 0 Å². The quantitative estimate of drug-likeness (QED) is 0.384. The van der Waals surface area contributed by atoms with Gasteiger partial charge in [-0.2, -0.15) is 0 Å². The summed E-state index contributed by atoms with van der Waals surface area (Å²) in [7, 11) is 0. The molecule has 0 aliphatic carbocycles. The van der Waals surface area contributed by atoms with Crippen molar-refractivity contribution >= 4 is 0 Å². The average molecular weight is 304 g/mol. The number of hydrogen-bond acceptors (Lipinski definition) is 1. The summed E-state index contributed by atoms with van der Waals surface area (Å²) in [5, 5.41) is 0. The number of unbranched alkanes of at least 4 members (excludes halogenated alkanes) is 7. The summed E-state index contributed by atoms with van der Waals surface area (Å²) < 4.78 is 0. The highest BCUT2D eigenvalue weighted by atomic mass is 15.1. The fraction of sp³-hybridized carbons (Fsp3) is 0.714. The van der Waals surface area contributed by atoms with E-state index in [1.165, 1.54) is 82.0 Å². The van der Waals surface area contributed by atoms with Gasteiger partial charge in [0.1, 0.15) is 0 Å². The Balaban J connectivity index is 2.16. The Morgan fingerprint density at radius 2 is 1.27 bits per heavy atom. The van der Waals surface area contributed by atoms with Crippen LogP contribution in [0.4, 0.5) is 0 Å². The van der Waals surface area contributed by atoms with Crippen molar-refractivity contribution in [3.05, 3.63) is 35.4 Å². The zero-order valence-corrected chi connectivity index (χ0v) is 15.2. The van der Waals surface area contributed by atoms with Gasteiger partial charge in [-0.15, -0.1) is 0 Å². The van der Waals surface area contributed by atoms with Crippen molar-refractivity contribution in [1.82, 2.24) is 4.90 Å². The molecule has 0 aliphatic rings. The van der Waals surface area contributed by atoms with Crippen molar-refractivity contribution in [1.29, 1.82) is 0 Å². The molecule has 1 heteroatoms. The fourth-order valence-electron chi connectivity index (χ4n) is 3.01. The molecule has 0 spiro atoms. The van der Waals surface area contributed by atoms with Gasteiger partial charge in [0, 0.05) is 6.54 Å². The summed E-state index contributed by atoms with van der Waals surface area (Å²) in [6.07, 6.45) is 12.5. The molecule has 0 aliphatic heterocycles. The maximum Gasteiger partial charge on any atom is 0.0233 e. The standard InChI is InChI=1S/C21H37N/c1-4-6-7-8-9-10-11-12-18-22(17-5-2)19-21-15-13-20(3)14-16-21/h13-16H,4-12,17-19H2,1-3H3. The molecule has 0 atom stereocenters. The van der Waals surface area contributed by atoms with Gasteiger partial charge in [0.05, 0.1) is 0 Å². The molecule has 0 N–H and O–H groups in total. The van der Waals surface area contributed by atoms with Gasteiger partial charge in [0.15, 0.2) is 0 Å². The maximum atomic E-state index is 2.63. The minimum absolute atomic E-state index is 1.12. The number of benzene rings is 1. The van der Waals surface area contributed by atoms with Crippen LogP contribution in [0.2, 0.25) is 0 Å². The van der Waals surface area contributed by atoms with Crippen LogP contribution in [-0.2, 0) is 6.54 Å². The van der Waals surface area contributed by atoms with Crippen LogP contribution in [0, 0.1) is 6.92 Å². The average Bonchev–Trinajstić information content (AvgIpc) is 2.52. The number of rotatable bonds is 13. The third-order valence-electron chi connectivity index (χ3n) is 4.39. The molecule has 1 aromatic rings. The Bertz CT molecular complexity index is 355. The van der Waals surface area contributed by atoms with E-state index in [1.807, 2.05) is 0 Å². The maximum absolute atomic E-state index is 2.63. The third-order valence-corrected chi connectivity index (χ3v) is 4.39. The van der Waals surface area contributed by atoms with E-state index in [0.717, 1.165) is 6.54 Å². The zero-order valence-electron chi connectivity index (χ0n) is 15.2. The highest BCUT2D eigenvalue weighted by molar-refractivity contribution is 5.21. The topological polar surface area (TPSA) is 3.24 Å². The molecule has 0 fully saturated rings. The molecule has 0 saturated carbocycles. The van der Waals surface area contributed by atoms with Gasteiger partial charge in [0.25, 0.3) is 0 Å². The van der Waals surface area contributed by atoms with E-state index in [2.05, 4.69) is 49.9 Å². The third kappa shape index (κ3) is 9.25. The summed E-state index contributed by atoms with van der Waals surface area (Å²) in [6.45, 7) is 10.3. The monoisotopic (exact) mass is 303 g/mol. The Morgan fingerprint density at radius 1 is 0.682 bits per heavy atom. The predicted octanol–water partition coefficient (Wildman–Crippen LogP) is 6.35. The number of nitrogens with zero attached hydrogens (tertiary/aromatic N) is 1. The van der Waals surface area contributed by atoms with Crippen LogP contribution >= 0.6 is 0 Å². The molecular weight excluding hydrogens is 266 g/mol. The Morgan fingerprint density at radius 3 is 1.86 bits per heavy atom. The summed E-state index contributed by atoms with van der Waals surface area (Å²) >= 11 is 0. The van der Waals surface area contributed by atoms with Gasteiger partial charge in [-0.05, 0) is 38.4 Å². The number of hydrogen-bond donors (Lipinski definition) is 0. The summed E-state index contributed by atoms with van der Waals surface area (Å²) in [5.74, 6) is 0. The van der Waals surface area contributed by atoms with E-state index in [4.69, 9.17) is 0 Å². The van der Waals surface area contributed by atoms with Crippen LogP contribution in [0.1, 0.15) is 82.8 Å². The van der Waals surface area contributed by atoms with Gasteiger partial charge in [0.2, 0.25) is 0 Å². The molecule has 0 heterocycles. The van der Waals surface area contributed by atoms with E-state index in [0.29, 0.717) is 0 Å². The predicted molar refractivity (Wildman–Crippen MR) is 99.4 cm³/mol. The summed E-state index contributed by atoms with van der Waals surface area (Å²) in [6, 6.07) is 9.03. The second kappa shape index (κ2) is 12.7. The first-order valence-electron chi connectivity index (χ1n) is 9.54. The smallest absolute Gasteiger partial charge is 0.0233 e. The molecule has 0 unspecified atom stereocenters. The van der Waals surface area contributed by atoms with Gasteiger partial charge < -0.3 is 0 Å². The van der Waals surface area contributed by atoms with Gasteiger partial charge in [-0.3, -0.25) is 4.90 Å². The molecule has 1 rings (SSSR count). The van der Waals surface area contributed by atoms with Crippen molar-refractivity contribution in [2.75, 3.05) is 13.1 Å². The Kier molecular flexibility index (Phi) is 11.1. The van der Waals surface area contributed by atoms with E-state index in [-0.39, 0.29) is 0 Å². The lowest BCUT2D eigenvalue weighted by atomic mass is 10.1. The molecule has 0 aromatic heterocycles. The molecule has 0 saturated heterocycles. The lowest BCUT2D eigenvalue weighted by molar-refractivity contribution is 0.259. The molecular formula is C21H37N. The first-order chi connectivity index (χ1) is 10.8. The second-order valence-corrected chi connectivity index (χ2v) is 6.74.